The summed E-state index contributed by atoms with van der Waals surface area (Å²) in [6.07, 6.45) is 1.64. The van der Waals surface area contributed by atoms with Crippen LogP contribution in [-0.4, -0.2) is 40.5 Å². The van der Waals surface area contributed by atoms with Gasteiger partial charge in [0.1, 0.15) is 0 Å². The Balaban J connectivity index is 2.17. The van der Waals surface area contributed by atoms with Crippen LogP contribution in [0.2, 0.25) is 5.28 Å². The molecule has 1 aromatic heterocycles. The van der Waals surface area contributed by atoms with Crippen LogP contribution in [0.3, 0.4) is 0 Å². The van der Waals surface area contributed by atoms with Gasteiger partial charge in [0.05, 0.1) is 5.41 Å². The predicted molar refractivity (Wildman–Crippen MR) is 77.7 cm³/mol. The molecule has 1 aliphatic rings. The standard InChI is InChI=1S/C12H19ClN6O/c1-3-5-15-10-16-9(13)17-11(18-10)19-6-4-12(2,7-19)8(14)20/h3-7H2,1-2H3,(H2,14,20)(H,15,16,17,18). The lowest BCUT2D eigenvalue weighted by atomic mass is 9.89. The highest BCUT2D eigenvalue weighted by Crippen LogP contribution is 2.31. The number of nitrogens with two attached hydrogens (primary N) is 1. The van der Waals surface area contributed by atoms with E-state index < -0.39 is 5.41 Å². The van der Waals surface area contributed by atoms with Gasteiger partial charge in [-0.1, -0.05) is 6.92 Å². The van der Waals surface area contributed by atoms with E-state index in [-0.39, 0.29) is 11.2 Å². The number of hydrogen-bond acceptors (Lipinski definition) is 6. The zero-order valence-corrected chi connectivity index (χ0v) is 12.4. The first-order valence-corrected chi connectivity index (χ1v) is 7.03. The van der Waals surface area contributed by atoms with Crippen molar-refractivity contribution < 1.29 is 4.79 Å². The van der Waals surface area contributed by atoms with Gasteiger partial charge in [0, 0.05) is 19.6 Å². The van der Waals surface area contributed by atoms with E-state index in [2.05, 4.69) is 27.2 Å². The lowest BCUT2D eigenvalue weighted by molar-refractivity contribution is -0.125. The molecule has 0 aromatic carbocycles. The number of nitrogens with zero attached hydrogens (tertiary/aromatic N) is 4. The Labute approximate surface area is 122 Å². The number of halogens is 1. The van der Waals surface area contributed by atoms with Crippen molar-refractivity contribution in [3.8, 4) is 0 Å². The number of nitrogens with one attached hydrogen (secondary N) is 1. The minimum atomic E-state index is -0.546. The van der Waals surface area contributed by atoms with Gasteiger partial charge in [-0.3, -0.25) is 4.79 Å². The summed E-state index contributed by atoms with van der Waals surface area (Å²) in [7, 11) is 0. The first-order chi connectivity index (χ1) is 9.44. The molecule has 2 heterocycles. The first-order valence-electron chi connectivity index (χ1n) is 6.65. The molecule has 1 saturated heterocycles. The molecule has 1 atom stereocenters. The predicted octanol–water partition coefficient (Wildman–Crippen LogP) is 1.05. The van der Waals surface area contributed by atoms with Gasteiger partial charge in [0.25, 0.3) is 0 Å². The van der Waals surface area contributed by atoms with E-state index in [1.807, 2.05) is 11.8 Å². The lowest BCUT2D eigenvalue weighted by Crippen LogP contribution is -2.37. The molecule has 20 heavy (non-hydrogen) atoms. The van der Waals surface area contributed by atoms with Crippen molar-refractivity contribution in [1.29, 1.82) is 0 Å². The number of rotatable bonds is 5. The third kappa shape index (κ3) is 3.09. The summed E-state index contributed by atoms with van der Waals surface area (Å²) in [5.74, 6) is 0.632. The number of hydrogen-bond donors (Lipinski definition) is 2. The van der Waals surface area contributed by atoms with Gasteiger partial charge in [-0.2, -0.15) is 15.0 Å². The SMILES string of the molecule is CCCNc1nc(Cl)nc(N2CCC(C)(C(N)=O)C2)n1. The van der Waals surface area contributed by atoms with Gasteiger partial charge in [-0.25, -0.2) is 0 Å². The molecule has 110 valence electrons. The quantitative estimate of drug-likeness (QED) is 0.843. The van der Waals surface area contributed by atoms with Gasteiger partial charge >= 0.3 is 0 Å². The van der Waals surface area contributed by atoms with Crippen molar-refractivity contribution in [3.63, 3.8) is 0 Å². The van der Waals surface area contributed by atoms with Crippen molar-refractivity contribution in [3.05, 3.63) is 5.28 Å². The molecule has 2 rings (SSSR count). The highest BCUT2D eigenvalue weighted by molar-refractivity contribution is 6.28. The highest BCUT2D eigenvalue weighted by atomic mass is 35.5. The molecule has 1 aromatic rings. The van der Waals surface area contributed by atoms with Crippen LogP contribution < -0.4 is 16.0 Å². The minimum Gasteiger partial charge on any atom is -0.369 e. The molecule has 1 unspecified atom stereocenters. The Morgan fingerprint density at radius 2 is 2.25 bits per heavy atom. The zero-order valence-electron chi connectivity index (χ0n) is 11.7. The van der Waals surface area contributed by atoms with E-state index in [9.17, 15) is 4.79 Å². The Morgan fingerprint density at radius 1 is 1.50 bits per heavy atom. The second-order valence-corrected chi connectivity index (χ2v) is 5.59. The molecular formula is C12H19ClN6O. The summed E-state index contributed by atoms with van der Waals surface area (Å²) in [4.78, 5) is 25.9. The van der Waals surface area contributed by atoms with Gasteiger partial charge in [0.15, 0.2) is 0 Å². The van der Waals surface area contributed by atoms with Crippen LogP contribution in [0.5, 0.6) is 0 Å². The zero-order chi connectivity index (χ0) is 14.8. The topological polar surface area (TPSA) is 97.0 Å². The van der Waals surface area contributed by atoms with Crippen molar-refractivity contribution in [1.82, 2.24) is 15.0 Å². The van der Waals surface area contributed by atoms with Crippen molar-refractivity contribution in [2.45, 2.75) is 26.7 Å². The maximum atomic E-state index is 11.5. The maximum absolute atomic E-state index is 11.5. The lowest BCUT2D eigenvalue weighted by Gasteiger charge is -2.21. The fraction of sp³-hybridized carbons (Fsp3) is 0.667. The number of aromatic nitrogens is 3. The monoisotopic (exact) mass is 298 g/mol. The van der Waals surface area contributed by atoms with Crippen LogP contribution in [0, 0.1) is 5.41 Å². The third-order valence-corrected chi connectivity index (χ3v) is 3.65. The number of carbonyl (C=O) groups is 1. The second kappa shape index (κ2) is 5.78. The van der Waals surface area contributed by atoms with Gasteiger partial charge in [-0.15, -0.1) is 0 Å². The highest BCUT2D eigenvalue weighted by Gasteiger charge is 2.40. The van der Waals surface area contributed by atoms with Crippen LogP contribution in [0.25, 0.3) is 0 Å². The molecule has 3 N–H and O–H groups in total. The van der Waals surface area contributed by atoms with Gasteiger partial charge in [0.2, 0.25) is 23.1 Å². The van der Waals surface area contributed by atoms with E-state index in [4.69, 9.17) is 17.3 Å². The van der Waals surface area contributed by atoms with Gasteiger partial charge < -0.3 is 16.0 Å². The van der Waals surface area contributed by atoms with Crippen molar-refractivity contribution in [2.75, 3.05) is 29.9 Å². The number of primary amides is 1. The van der Waals surface area contributed by atoms with E-state index in [1.54, 1.807) is 0 Å². The summed E-state index contributed by atoms with van der Waals surface area (Å²) in [6.45, 7) is 5.84. The van der Waals surface area contributed by atoms with E-state index in [1.165, 1.54) is 0 Å². The minimum absolute atomic E-state index is 0.140. The number of amides is 1. The summed E-state index contributed by atoms with van der Waals surface area (Å²) < 4.78 is 0. The molecule has 1 fully saturated rings. The Hall–Kier alpha value is -1.63. The largest absolute Gasteiger partial charge is 0.369 e. The second-order valence-electron chi connectivity index (χ2n) is 5.25. The summed E-state index contributed by atoms with van der Waals surface area (Å²) in [5.41, 5.74) is 4.90. The maximum Gasteiger partial charge on any atom is 0.231 e. The fourth-order valence-electron chi connectivity index (χ4n) is 2.13. The Morgan fingerprint density at radius 3 is 2.85 bits per heavy atom. The molecule has 8 heteroatoms. The third-order valence-electron chi connectivity index (χ3n) is 3.48. The van der Waals surface area contributed by atoms with E-state index >= 15 is 0 Å². The number of anilines is 2. The molecule has 1 aliphatic heterocycles. The fourth-order valence-corrected chi connectivity index (χ4v) is 2.29. The molecule has 0 saturated carbocycles. The normalized spacial score (nSPS) is 22.1. The average Bonchev–Trinajstić information content (AvgIpc) is 2.80. The molecular weight excluding hydrogens is 280 g/mol. The van der Waals surface area contributed by atoms with Crippen LogP contribution in [0.1, 0.15) is 26.7 Å². The van der Waals surface area contributed by atoms with Crippen LogP contribution >= 0.6 is 11.6 Å². The number of carbonyl (C=O) groups excluding carboxylic acids is 1. The molecule has 0 spiro atoms. The first kappa shape index (κ1) is 14.8. The smallest absolute Gasteiger partial charge is 0.231 e. The molecule has 0 radical (unpaired) electrons. The van der Waals surface area contributed by atoms with Crippen LogP contribution in [-0.2, 0) is 4.79 Å². The van der Waals surface area contributed by atoms with Crippen LogP contribution in [0.15, 0.2) is 0 Å². The van der Waals surface area contributed by atoms with Gasteiger partial charge in [-0.05, 0) is 31.4 Å². The molecule has 0 bridgehead atoms. The Kier molecular flexibility index (Phi) is 4.27. The van der Waals surface area contributed by atoms with E-state index in [0.717, 1.165) is 13.0 Å². The molecule has 7 nitrogen and oxygen atoms in total. The summed E-state index contributed by atoms with van der Waals surface area (Å²) in [5, 5.41) is 3.22. The van der Waals surface area contributed by atoms with E-state index in [0.29, 0.717) is 31.4 Å². The average molecular weight is 299 g/mol. The molecule has 0 aliphatic carbocycles. The summed E-state index contributed by atoms with van der Waals surface area (Å²) in [6, 6.07) is 0. The van der Waals surface area contributed by atoms with Crippen molar-refractivity contribution in [2.24, 2.45) is 11.1 Å². The van der Waals surface area contributed by atoms with Crippen molar-refractivity contribution >= 4 is 29.4 Å². The van der Waals surface area contributed by atoms with Crippen LogP contribution in [0.4, 0.5) is 11.9 Å². The Bertz CT molecular complexity index is 511. The summed E-state index contributed by atoms with van der Waals surface area (Å²) >= 11 is 5.92. The molecule has 1 amide bonds.